The van der Waals surface area contributed by atoms with E-state index in [9.17, 15) is 23.1 Å². The molecule has 1 saturated carbocycles. The Balaban J connectivity index is 1.41. The lowest BCUT2D eigenvalue weighted by Crippen LogP contribution is -2.49. The molecule has 5 rings (SSSR count). The van der Waals surface area contributed by atoms with E-state index < -0.39 is 17.7 Å². The summed E-state index contributed by atoms with van der Waals surface area (Å²) >= 11 is 1.22. The van der Waals surface area contributed by atoms with Gasteiger partial charge in [0.1, 0.15) is 0 Å². The lowest BCUT2D eigenvalue weighted by Gasteiger charge is -2.37. The number of hydrogen-bond donors (Lipinski definition) is 2. The maximum atomic E-state index is 13.1. The van der Waals surface area contributed by atoms with Gasteiger partial charge in [0, 0.05) is 41.3 Å². The Kier molecular flexibility index (Phi) is 6.26. The molecule has 2 aromatic carbocycles. The largest absolute Gasteiger partial charge is 0.478 e. The second-order valence-corrected chi connectivity index (χ2v) is 9.78. The van der Waals surface area contributed by atoms with E-state index in [4.69, 9.17) is 4.74 Å². The first-order valence-corrected chi connectivity index (χ1v) is 12.2. The smallest absolute Gasteiger partial charge is 0.416 e. The maximum Gasteiger partial charge on any atom is 0.416 e. The number of carbonyl (C=O) groups is 1. The Labute approximate surface area is 199 Å². The molecule has 2 N–H and O–H groups in total. The molecule has 0 spiro atoms. The number of thiophene rings is 1. The average Bonchev–Trinajstić information content (AvgIpc) is 3.20. The van der Waals surface area contributed by atoms with Crippen molar-refractivity contribution < 1.29 is 27.8 Å². The third-order valence-corrected chi connectivity index (χ3v) is 7.60. The highest BCUT2D eigenvalue weighted by Crippen LogP contribution is 2.39. The van der Waals surface area contributed by atoms with Crippen LogP contribution < -0.4 is 10.2 Å². The van der Waals surface area contributed by atoms with Gasteiger partial charge in [-0.1, -0.05) is 18.6 Å². The van der Waals surface area contributed by atoms with Crippen LogP contribution in [0.3, 0.4) is 0 Å². The van der Waals surface area contributed by atoms with E-state index in [-0.39, 0.29) is 11.7 Å². The Hall–Kier alpha value is -2.62. The normalized spacial score (nSPS) is 19.4. The van der Waals surface area contributed by atoms with Gasteiger partial charge < -0.3 is 20.1 Å². The van der Waals surface area contributed by atoms with Crippen molar-refractivity contribution in [2.45, 2.75) is 37.6 Å². The van der Waals surface area contributed by atoms with E-state index in [1.807, 2.05) is 11.0 Å². The van der Waals surface area contributed by atoms with Gasteiger partial charge >= 0.3 is 12.1 Å². The SMILES string of the molecule is O=C(O)c1cc(-c2csc3cc(C(F)(F)F)ccc23)ccc1N1CCO[C@H](CNC2CCC2)C1. The molecule has 1 aromatic heterocycles. The minimum Gasteiger partial charge on any atom is -0.478 e. The van der Waals surface area contributed by atoms with Crippen LogP contribution in [0.5, 0.6) is 0 Å². The van der Waals surface area contributed by atoms with Crippen LogP contribution in [0.4, 0.5) is 18.9 Å². The minimum absolute atomic E-state index is 0.0145. The molecule has 0 bridgehead atoms. The molecule has 34 heavy (non-hydrogen) atoms. The molecule has 9 heteroatoms. The molecular weight excluding hydrogens is 465 g/mol. The first-order valence-electron chi connectivity index (χ1n) is 11.4. The molecule has 0 amide bonds. The van der Waals surface area contributed by atoms with Crippen molar-refractivity contribution in [1.29, 1.82) is 0 Å². The van der Waals surface area contributed by atoms with Gasteiger partial charge in [-0.15, -0.1) is 11.3 Å². The Morgan fingerprint density at radius 3 is 2.74 bits per heavy atom. The standard InChI is InChI=1S/C25H25F3N2O3S/c26-25(27,28)16-5-6-19-21(14-34-23(19)11-16)15-4-7-22(20(10-15)24(31)32)30-8-9-33-18(13-30)12-29-17-2-1-3-17/h4-7,10-11,14,17-18,29H,1-3,8-9,12-13H2,(H,31,32)/t18-/m1/s1. The molecular formula is C25H25F3N2O3S. The fraction of sp³-hybridized carbons (Fsp3) is 0.400. The van der Waals surface area contributed by atoms with Crippen molar-refractivity contribution in [1.82, 2.24) is 5.32 Å². The van der Waals surface area contributed by atoms with Crippen molar-refractivity contribution in [2.75, 3.05) is 31.1 Å². The summed E-state index contributed by atoms with van der Waals surface area (Å²) in [6, 6.07) is 9.48. The van der Waals surface area contributed by atoms with E-state index >= 15 is 0 Å². The molecule has 1 aliphatic heterocycles. The second kappa shape index (κ2) is 9.20. The van der Waals surface area contributed by atoms with Crippen molar-refractivity contribution >= 4 is 33.1 Å². The van der Waals surface area contributed by atoms with Crippen LogP contribution in [0.25, 0.3) is 21.2 Å². The first-order chi connectivity index (χ1) is 16.3. The quantitative estimate of drug-likeness (QED) is 0.469. The van der Waals surface area contributed by atoms with Crippen LogP contribution >= 0.6 is 11.3 Å². The number of rotatable bonds is 6. The van der Waals surface area contributed by atoms with E-state index in [2.05, 4.69) is 5.32 Å². The number of aromatic carboxylic acids is 1. The zero-order valence-corrected chi connectivity index (χ0v) is 19.2. The van der Waals surface area contributed by atoms with Crippen LogP contribution in [-0.4, -0.2) is 49.5 Å². The predicted octanol–water partition coefficient (Wildman–Crippen LogP) is 5.63. The number of carboxylic acids is 1. The second-order valence-electron chi connectivity index (χ2n) is 8.87. The number of hydrogen-bond acceptors (Lipinski definition) is 5. The highest BCUT2D eigenvalue weighted by Gasteiger charge is 2.31. The molecule has 2 fully saturated rings. The first kappa shape index (κ1) is 23.1. The Morgan fingerprint density at radius 1 is 1.21 bits per heavy atom. The zero-order chi connectivity index (χ0) is 23.9. The topological polar surface area (TPSA) is 61.8 Å². The zero-order valence-electron chi connectivity index (χ0n) is 18.4. The van der Waals surface area contributed by atoms with Crippen LogP contribution in [0.2, 0.25) is 0 Å². The molecule has 3 aromatic rings. The number of benzene rings is 2. The molecule has 0 radical (unpaired) electrons. The number of ether oxygens (including phenoxy) is 1. The molecule has 5 nitrogen and oxygen atoms in total. The van der Waals surface area contributed by atoms with Gasteiger partial charge in [-0.2, -0.15) is 13.2 Å². The van der Waals surface area contributed by atoms with E-state index in [0.717, 1.165) is 24.2 Å². The molecule has 0 unspecified atom stereocenters. The van der Waals surface area contributed by atoms with Crippen LogP contribution in [0, 0.1) is 0 Å². The van der Waals surface area contributed by atoms with Crippen molar-refractivity contribution in [2.24, 2.45) is 0 Å². The highest BCUT2D eigenvalue weighted by molar-refractivity contribution is 7.17. The lowest BCUT2D eigenvalue weighted by atomic mass is 9.93. The van der Waals surface area contributed by atoms with Crippen LogP contribution in [0.15, 0.2) is 41.8 Å². The summed E-state index contributed by atoms with van der Waals surface area (Å²) in [5.41, 5.74) is 1.52. The summed E-state index contributed by atoms with van der Waals surface area (Å²) in [5.74, 6) is -1.04. The number of anilines is 1. The number of alkyl halides is 3. The lowest BCUT2D eigenvalue weighted by molar-refractivity contribution is -0.137. The van der Waals surface area contributed by atoms with Crippen molar-refractivity contribution in [3.63, 3.8) is 0 Å². The van der Waals surface area contributed by atoms with Gasteiger partial charge in [0.05, 0.1) is 29.5 Å². The Morgan fingerprint density at radius 2 is 2.03 bits per heavy atom. The number of nitrogens with one attached hydrogen (secondary N) is 1. The predicted molar refractivity (Wildman–Crippen MR) is 127 cm³/mol. The maximum absolute atomic E-state index is 13.1. The summed E-state index contributed by atoms with van der Waals surface area (Å²) in [4.78, 5) is 14.2. The van der Waals surface area contributed by atoms with E-state index in [1.54, 1.807) is 17.5 Å². The summed E-state index contributed by atoms with van der Waals surface area (Å²) < 4.78 is 45.6. The van der Waals surface area contributed by atoms with Crippen LogP contribution in [-0.2, 0) is 10.9 Å². The fourth-order valence-corrected chi connectivity index (χ4v) is 5.56. The number of carboxylic acid groups (broad SMARTS) is 1. The number of fused-ring (bicyclic) bond motifs is 1. The number of halogens is 3. The van der Waals surface area contributed by atoms with E-state index in [0.29, 0.717) is 47.1 Å². The summed E-state index contributed by atoms with van der Waals surface area (Å²) in [7, 11) is 0. The highest BCUT2D eigenvalue weighted by atomic mass is 32.1. The molecule has 2 heterocycles. The molecule has 2 aliphatic rings. The summed E-state index contributed by atoms with van der Waals surface area (Å²) in [6.07, 6.45) is -0.780. The molecule has 1 atom stereocenters. The summed E-state index contributed by atoms with van der Waals surface area (Å²) in [5, 5.41) is 15.9. The van der Waals surface area contributed by atoms with Crippen molar-refractivity contribution in [3.8, 4) is 11.1 Å². The molecule has 180 valence electrons. The molecule has 1 aliphatic carbocycles. The van der Waals surface area contributed by atoms with Gasteiger partial charge in [0.15, 0.2) is 0 Å². The third kappa shape index (κ3) is 4.64. The monoisotopic (exact) mass is 490 g/mol. The van der Waals surface area contributed by atoms with Crippen molar-refractivity contribution in [3.05, 3.63) is 52.9 Å². The minimum atomic E-state index is -4.40. The van der Waals surface area contributed by atoms with Gasteiger partial charge in [-0.05, 0) is 48.1 Å². The number of nitrogens with zero attached hydrogens (tertiary/aromatic N) is 1. The van der Waals surface area contributed by atoms with Gasteiger partial charge in [-0.3, -0.25) is 0 Å². The summed E-state index contributed by atoms with van der Waals surface area (Å²) in [6.45, 7) is 2.46. The van der Waals surface area contributed by atoms with Gasteiger partial charge in [0.2, 0.25) is 0 Å². The van der Waals surface area contributed by atoms with E-state index in [1.165, 1.54) is 36.7 Å². The third-order valence-electron chi connectivity index (χ3n) is 6.66. The number of morpholine rings is 1. The fourth-order valence-electron chi connectivity index (χ4n) is 4.55. The average molecular weight is 491 g/mol. The van der Waals surface area contributed by atoms with Gasteiger partial charge in [-0.25, -0.2) is 4.79 Å². The van der Waals surface area contributed by atoms with Gasteiger partial charge in [0.25, 0.3) is 0 Å². The Bertz CT molecular complexity index is 1210. The van der Waals surface area contributed by atoms with Crippen LogP contribution in [0.1, 0.15) is 35.2 Å². The molecule has 1 saturated heterocycles.